The SMILES string of the molecule is OC(F)(C(F)(F)F)C(F)(F)C(F)(F)C(F)(F)C(F)(F)C(F)(F)C(F)(F)C(F)(F)C(F)(F)C(F)(F)C(F)(F)C(F)(F)C(F)(F)C(F)(F)C(F)(F)C(F)(F)C(F)(F)C(F)(F)C(F)(F)C(F)(F)F. The van der Waals surface area contributed by atoms with Crippen molar-refractivity contribution in [3.8, 4) is 0 Å². The highest BCUT2D eigenvalue weighted by Gasteiger charge is 3.03. The van der Waals surface area contributed by atoms with Gasteiger partial charge in [0.25, 0.3) is 0 Å². The summed E-state index contributed by atoms with van der Waals surface area (Å²) in [6.45, 7) is 0. The molecule has 1 N–H and O–H groups in total. The van der Waals surface area contributed by atoms with Gasteiger partial charge in [-0.15, -0.1) is 0 Å². The Hall–Kier alpha value is -3.05. The van der Waals surface area contributed by atoms with Crippen LogP contribution in [0.5, 0.6) is 0 Å². The fourth-order valence-corrected chi connectivity index (χ4v) is 3.72. The van der Waals surface area contributed by atoms with Crippen molar-refractivity contribution in [3.05, 3.63) is 0 Å². The van der Waals surface area contributed by atoms with Gasteiger partial charge in [-0.25, -0.2) is 0 Å². The van der Waals surface area contributed by atoms with Crippen LogP contribution in [0.15, 0.2) is 0 Å². The molecule has 0 aromatic heterocycles. The second-order valence-corrected chi connectivity index (χ2v) is 12.0. The van der Waals surface area contributed by atoms with Crippen LogP contribution in [0.3, 0.4) is 0 Å². The molecule has 0 heterocycles. The summed E-state index contributed by atoms with van der Waals surface area (Å²) in [6, 6.07) is 0. The van der Waals surface area contributed by atoms with Crippen LogP contribution in [0, 0.1) is 0 Å². The third-order valence-electron chi connectivity index (χ3n) is 7.85. The summed E-state index contributed by atoms with van der Waals surface area (Å²) in [5.74, 6) is -193. The van der Waals surface area contributed by atoms with Gasteiger partial charge in [0, 0.05) is 0 Å². The van der Waals surface area contributed by atoms with Crippen LogP contribution in [-0.2, 0) is 0 Å². The highest BCUT2D eigenvalue weighted by atomic mass is 19.4. The fraction of sp³-hybridized carbons (Fsp3) is 1.00. The number of hydrogen-bond acceptors (Lipinski definition) is 1. The van der Waals surface area contributed by atoms with E-state index in [1.54, 1.807) is 0 Å². The molecule has 0 saturated carbocycles. The Morgan fingerprint density at radius 1 is 0.123 bits per heavy atom. The van der Waals surface area contributed by atoms with E-state index in [9.17, 15) is 189 Å². The molecule has 0 saturated heterocycles. The molecule has 0 fully saturated rings. The highest BCUT2D eigenvalue weighted by Crippen LogP contribution is 2.71. The molecule has 0 aromatic carbocycles. The highest BCUT2D eigenvalue weighted by molar-refractivity contribution is 5.23. The molecular formula is C21HF43O. The maximum absolute atomic E-state index is 14.0. The summed E-state index contributed by atoms with van der Waals surface area (Å²) < 4.78 is 578. The van der Waals surface area contributed by atoms with Crippen molar-refractivity contribution in [2.24, 2.45) is 0 Å². The first-order valence-corrected chi connectivity index (χ1v) is 13.3. The molecule has 0 aliphatic carbocycles. The average Bonchev–Trinajstić information content (AvgIpc) is 3.05. The molecule has 0 spiro atoms. The normalized spacial score (nSPS) is 18.3. The third kappa shape index (κ3) is 6.76. The molecule has 0 bridgehead atoms. The molecule has 392 valence electrons. The van der Waals surface area contributed by atoms with E-state index in [4.69, 9.17) is 5.11 Å². The van der Waals surface area contributed by atoms with Crippen molar-refractivity contribution in [3.63, 3.8) is 0 Å². The van der Waals surface area contributed by atoms with Crippen molar-refractivity contribution in [1.82, 2.24) is 0 Å². The number of rotatable bonds is 18. The minimum atomic E-state index is -10.7. The maximum atomic E-state index is 14.0. The second kappa shape index (κ2) is 14.5. The summed E-state index contributed by atoms with van der Waals surface area (Å²) in [7, 11) is 0. The molecule has 0 radical (unpaired) electrons. The molecule has 1 unspecified atom stereocenters. The lowest BCUT2D eigenvalue weighted by atomic mass is 9.81. The van der Waals surface area contributed by atoms with Gasteiger partial charge in [-0.3, -0.25) is 0 Å². The minimum Gasteiger partial charge on any atom is -0.350 e. The Labute approximate surface area is 320 Å². The number of halogens is 43. The summed E-state index contributed by atoms with van der Waals surface area (Å²) in [5, 5.41) is 7.81. The third-order valence-corrected chi connectivity index (χ3v) is 7.85. The van der Waals surface area contributed by atoms with Crippen LogP contribution >= 0.6 is 0 Å². The molecule has 0 amide bonds. The monoisotopic (exact) mass is 1090 g/mol. The van der Waals surface area contributed by atoms with Crippen molar-refractivity contribution in [2.45, 2.75) is 125 Å². The van der Waals surface area contributed by atoms with E-state index < -0.39 is 125 Å². The van der Waals surface area contributed by atoms with Gasteiger partial charge in [-0.05, 0) is 0 Å². The summed E-state index contributed by atoms with van der Waals surface area (Å²) in [4.78, 5) is 0. The zero-order valence-corrected chi connectivity index (χ0v) is 27.2. The first kappa shape index (κ1) is 62.0. The lowest BCUT2D eigenvalue weighted by molar-refractivity contribution is -0.499. The van der Waals surface area contributed by atoms with Gasteiger partial charge >= 0.3 is 125 Å². The fourth-order valence-electron chi connectivity index (χ4n) is 3.72. The smallest absolute Gasteiger partial charge is 0.350 e. The van der Waals surface area contributed by atoms with Crippen LogP contribution in [-0.4, -0.2) is 130 Å². The quantitative estimate of drug-likeness (QED) is 0.136. The van der Waals surface area contributed by atoms with Crippen molar-refractivity contribution >= 4 is 0 Å². The van der Waals surface area contributed by atoms with Crippen molar-refractivity contribution in [1.29, 1.82) is 0 Å². The van der Waals surface area contributed by atoms with Gasteiger partial charge in [0.1, 0.15) is 0 Å². The predicted molar refractivity (Wildman–Crippen MR) is 107 cm³/mol. The molecule has 65 heavy (non-hydrogen) atoms. The zero-order valence-electron chi connectivity index (χ0n) is 27.2. The average molecular weight is 1090 g/mol. The first-order chi connectivity index (χ1) is 27.0. The van der Waals surface area contributed by atoms with Crippen LogP contribution < -0.4 is 0 Å². The molecule has 0 aliphatic heterocycles. The molecule has 0 aromatic rings. The van der Waals surface area contributed by atoms with Crippen molar-refractivity contribution < 1.29 is 194 Å². The van der Waals surface area contributed by atoms with Gasteiger partial charge < -0.3 is 5.11 Å². The van der Waals surface area contributed by atoms with Gasteiger partial charge in [0.15, 0.2) is 0 Å². The summed E-state index contributed by atoms with van der Waals surface area (Å²) in [5.41, 5.74) is 0. The number of alkyl halides is 43. The second-order valence-electron chi connectivity index (χ2n) is 12.0. The lowest BCUT2D eigenvalue weighted by Gasteiger charge is -2.47. The summed E-state index contributed by atoms with van der Waals surface area (Å²) >= 11 is 0. The van der Waals surface area contributed by atoms with E-state index in [2.05, 4.69) is 0 Å². The Morgan fingerprint density at radius 2 is 0.215 bits per heavy atom. The largest absolute Gasteiger partial charge is 0.460 e. The van der Waals surface area contributed by atoms with E-state index in [-0.39, 0.29) is 0 Å². The van der Waals surface area contributed by atoms with Crippen LogP contribution in [0.2, 0.25) is 0 Å². The van der Waals surface area contributed by atoms with E-state index in [0.717, 1.165) is 0 Å². The standard InChI is InChI=1S/C21HF43O/c22-1(23,2(24,25)4(28,29)6(32,33)8(36,37)10(40,41)12(44,45)14(48,49)16(52,53)18(56,57)20(59,60)61)3(26,27)5(30,31)7(34,35)9(38,39)11(42,43)13(46,47)15(50,51)17(54,55)19(58,65)21(62,63)64/h65H. The van der Waals surface area contributed by atoms with E-state index in [1.807, 2.05) is 0 Å². The van der Waals surface area contributed by atoms with Gasteiger partial charge in [-0.1, -0.05) is 0 Å². The molecule has 44 heteroatoms. The van der Waals surface area contributed by atoms with Crippen LogP contribution in [0.25, 0.3) is 0 Å². The Kier molecular flexibility index (Phi) is 13.8. The van der Waals surface area contributed by atoms with Crippen LogP contribution in [0.4, 0.5) is 189 Å². The first-order valence-electron chi connectivity index (χ1n) is 13.3. The van der Waals surface area contributed by atoms with Gasteiger partial charge in [0.2, 0.25) is 0 Å². The van der Waals surface area contributed by atoms with Crippen LogP contribution in [0.1, 0.15) is 0 Å². The summed E-state index contributed by atoms with van der Waals surface area (Å²) in [6.07, 6.45) is -16.9. The topological polar surface area (TPSA) is 20.2 Å². The number of hydrogen-bond donors (Lipinski definition) is 1. The number of aliphatic hydroxyl groups is 1. The maximum Gasteiger partial charge on any atom is 0.460 e. The Morgan fingerprint density at radius 3 is 0.308 bits per heavy atom. The van der Waals surface area contributed by atoms with E-state index in [0.29, 0.717) is 0 Å². The molecule has 0 aliphatic rings. The van der Waals surface area contributed by atoms with Crippen molar-refractivity contribution in [2.75, 3.05) is 0 Å². The zero-order chi connectivity index (χ0) is 54.5. The van der Waals surface area contributed by atoms with Gasteiger partial charge in [-0.2, -0.15) is 189 Å². The predicted octanol–water partition coefficient (Wildman–Crippen LogP) is 13.2. The molecule has 1 nitrogen and oxygen atoms in total. The minimum absolute atomic E-state index is 7.81. The molecule has 1 atom stereocenters. The molecular weight excluding hydrogens is 1090 g/mol. The lowest BCUT2D eigenvalue weighted by Crippen LogP contribution is -2.81. The van der Waals surface area contributed by atoms with E-state index >= 15 is 0 Å². The van der Waals surface area contributed by atoms with E-state index in [1.165, 1.54) is 0 Å². The van der Waals surface area contributed by atoms with Gasteiger partial charge in [0.05, 0.1) is 0 Å². The Balaban J connectivity index is 8.03. The molecule has 0 rings (SSSR count). The Bertz CT molecular complexity index is 1610.